The molecule has 0 atom stereocenters. The van der Waals surface area contributed by atoms with Crippen LogP contribution in [0.25, 0.3) is 0 Å². The Bertz CT molecular complexity index is 775. The van der Waals surface area contributed by atoms with Crippen LogP contribution in [0.3, 0.4) is 0 Å². The van der Waals surface area contributed by atoms with E-state index in [1.807, 2.05) is 6.92 Å². The monoisotopic (exact) mass is 462 g/mol. The number of Topliss-reactive ketones (excluding diaryl/α,β-unsaturated/α-hetero) is 8. The number of hydrogen-bond acceptors (Lipinski definition) is 8. The Balaban J connectivity index is 4.09. The number of ketones is 8. The lowest BCUT2D eigenvalue weighted by Crippen LogP contribution is -2.18. The summed E-state index contributed by atoms with van der Waals surface area (Å²) in [6.07, 6.45) is 2.24. The van der Waals surface area contributed by atoms with E-state index in [1.165, 1.54) is 6.08 Å². The Morgan fingerprint density at radius 2 is 0.848 bits per heavy atom. The summed E-state index contributed by atoms with van der Waals surface area (Å²) in [6, 6.07) is 0. The highest BCUT2D eigenvalue weighted by Gasteiger charge is 2.20. The van der Waals surface area contributed by atoms with E-state index < -0.39 is 61.0 Å². The Morgan fingerprint density at radius 1 is 0.485 bits per heavy atom. The summed E-state index contributed by atoms with van der Waals surface area (Å²) < 4.78 is 0. The van der Waals surface area contributed by atoms with Gasteiger partial charge in [-0.3, -0.25) is 38.4 Å². The normalized spacial score (nSPS) is 10.3. The summed E-state index contributed by atoms with van der Waals surface area (Å²) in [5, 5.41) is 0. The SMILES string of the molecule is C=CCC(=O)CC(=O)CC(=O)CC(=O)CC(=O)CC(=O)CC(=O)CCCCCC(=O)CCC. The van der Waals surface area contributed by atoms with E-state index in [0.29, 0.717) is 32.1 Å². The molecule has 0 saturated heterocycles. The minimum absolute atomic E-state index is 0.0178. The van der Waals surface area contributed by atoms with Crippen LogP contribution in [0.1, 0.15) is 96.8 Å². The van der Waals surface area contributed by atoms with Crippen LogP contribution in [0.2, 0.25) is 0 Å². The first-order chi connectivity index (χ1) is 15.6. The third kappa shape index (κ3) is 17.3. The zero-order valence-corrected chi connectivity index (χ0v) is 19.4. The molecule has 0 aromatic heterocycles. The van der Waals surface area contributed by atoms with Crippen molar-refractivity contribution in [3.8, 4) is 0 Å². The van der Waals surface area contributed by atoms with Gasteiger partial charge in [-0.05, 0) is 19.3 Å². The molecule has 0 heterocycles. The third-order valence-electron chi connectivity index (χ3n) is 4.68. The summed E-state index contributed by atoms with van der Waals surface area (Å²) in [5.74, 6) is -3.75. The van der Waals surface area contributed by atoms with E-state index >= 15 is 0 Å². The van der Waals surface area contributed by atoms with Gasteiger partial charge >= 0.3 is 0 Å². The van der Waals surface area contributed by atoms with Crippen LogP contribution in [-0.2, 0) is 38.4 Å². The highest BCUT2D eigenvalue weighted by atomic mass is 16.2. The number of rotatable bonds is 22. The molecule has 8 nitrogen and oxygen atoms in total. The van der Waals surface area contributed by atoms with E-state index in [9.17, 15) is 38.4 Å². The minimum Gasteiger partial charge on any atom is -0.300 e. The smallest absolute Gasteiger partial charge is 0.147 e. The maximum atomic E-state index is 11.9. The summed E-state index contributed by atoms with van der Waals surface area (Å²) in [7, 11) is 0. The summed E-state index contributed by atoms with van der Waals surface area (Å²) in [6.45, 7) is 5.31. The fourth-order valence-electron chi connectivity index (χ4n) is 3.18. The predicted molar refractivity (Wildman–Crippen MR) is 121 cm³/mol. The molecule has 0 rings (SSSR count). The number of carbonyl (C=O) groups excluding carboxylic acids is 8. The van der Waals surface area contributed by atoms with Crippen LogP contribution in [0.15, 0.2) is 12.7 Å². The average molecular weight is 463 g/mol. The van der Waals surface area contributed by atoms with Crippen molar-refractivity contribution in [2.75, 3.05) is 0 Å². The van der Waals surface area contributed by atoms with Crippen molar-refractivity contribution in [1.82, 2.24) is 0 Å². The molecule has 0 fully saturated rings. The fourth-order valence-corrected chi connectivity index (χ4v) is 3.18. The first-order valence-corrected chi connectivity index (χ1v) is 11.3. The second-order valence-corrected chi connectivity index (χ2v) is 8.17. The fraction of sp³-hybridized carbons (Fsp3) is 0.600. The van der Waals surface area contributed by atoms with E-state index in [2.05, 4.69) is 6.58 Å². The Kier molecular flexibility index (Phi) is 16.1. The van der Waals surface area contributed by atoms with Gasteiger partial charge in [-0.1, -0.05) is 19.4 Å². The number of unbranched alkanes of at least 4 members (excludes halogenated alkanes) is 2. The van der Waals surface area contributed by atoms with Crippen LogP contribution in [0, 0.1) is 0 Å². The largest absolute Gasteiger partial charge is 0.300 e. The van der Waals surface area contributed by atoms with Crippen molar-refractivity contribution in [1.29, 1.82) is 0 Å². The van der Waals surface area contributed by atoms with Gasteiger partial charge in [-0.15, -0.1) is 6.58 Å². The van der Waals surface area contributed by atoms with Gasteiger partial charge in [0.25, 0.3) is 0 Å². The number of carbonyl (C=O) groups is 8. The van der Waals surface area contributed by atoms with Gasteiger partial charge in [0, 0.05) is 25.7 Å². The van der Waals surface area contributed by atoms with Crippen LogP contribution >= 0.6 is 0 Å². The van der Waals surface area contributed by atoms with Gasteiger partial charge in [0.15, 0.2) is 0 Å². The van der Waals surface area contributed by atoms with Gasteiger partial charge in [0.05, 0.1) is 38.5 Å². The number of hydrogen-bond donors (Lipinski definition) is 0. The summed E-state index contributed by atoms with van der Waals surface area (Å²) in [4.78, 5) is 93.5. The quantitative estimate of drug-likeness (QED) is 0.136. The molecular formula is C25H34O8. The maximum Gasteiger partial charge on any atom is 0.147 e. The molecule has 0 radical (unpaired) electrons. The van der Waals surface area contributed by atoms with Crippen LogP contribution in [0.5, 0.6) is 0 Å². The van der Waals surface area contributed by atoms with Crippen molar-refractivity contribution in [3.05, 3.63) is 12.7 Å². The molecule has 33 heavy (non-hydrogen) atoms. The Labute approximate surface area is 194 Å². The van der Waals surface area contributed by atoms with Crippen LogP contribution in [-0.4, -0.2) is 46.3 Å². The molecule has 0 aliphatic carbocycles. The second-order valence-electron chi connectivity index (χ2n) is 8.17. The molecule has 0 aromatic rings. The minimum atomic E-state index is -0.716. The molecule has 0 aliphatic heterocycles. The van der Waals surface area contributed by atoms with Gasteiger partial charge in [-0.25, -0.2) is 0 Å². The topological polar surface area (TPSA) is 137 Å². The summed E-state index contributed by atoms with van der Waals surface area (Å²) >= 11 is 0. The van der Waals surface area contributed by atoms with Crippen molar-refractivity contribution < 1.29 is 38.4 Å². The maximum absolute atomic E-state index is 11.9. The number of allylic oxidation sites excluding steroid dienone is 1. The first-order valence-electron chi connectivity index (χ1n) is 11.3. The summed E-state index contributed by atoms with van der Waals surface area (Å²) in [5.41, 5.74) is 0. The molecule has 0 saturated carbocycles. The first kappa shape index (κ1) is 30.1. The highest BCUT2D eigenvalue weighted by molar-refractivity contribution is 6.16. The van der Waals surface area contributed by atoms with Crippen molar-refractivity contribution in [2.45, 2.75) is 96.8 Å². The van der Waals surface area contributed by atoms with Gasteiger partial charge < -0.3 is 0 Å². The second kappa shape index (κ2) is 17.6. The molecular weight excluding hydrogens is 428 g/mol. The third-order valence-corrected chi connectivity index (χ3v) is 4.68. The molecule has 0 N–H and O–H groups in total. The molecule has 182 valence electrons. The van der Waals surface area contributed by atoms with Crippen LogP contribution in [0.4, 0.5) is 0 Å². The molecule has 0 amide bonds. The molecule has 0 aromatic carbocycles. The Hall–Kier alpha value is -2.90. The predicted octanol–water partition coefficient (Wildman–Crippen LogP) is 3.21. The standard InChI is InChI=1S/C25H34O8/c1-3-8-18(26)10-6-5-7-11-20(28)13-22(30)15-24(32)17-25(33)16-23(31)14-21(29)12-19(27)9-4-2/h4H,2-3,5-17H2,1H3. The van der Waals surface area contributed by atoms with E-state index in [1.54, 1.807) is 0 Å². The molecule has 0 unspecified atom stereocenters. The highest BCUT2D eigenvalue weighted by Crippen LogP contribution is 2.09. The van der Waals surface area contributed by atoms with Crippen molar-refractivity contribution in [3.63, 3.8) is 0 Å². The molecule has 0 aliphatic rings. The van der Waals surface area contributed by atoms with Crippen molar-refractivity contribution >= 4 is 46.3 Å². The van der Waals surface area contributed by atoms with E-state index in [4.69, 9.17) is 0 Å². The lowest BCUT2D eigenvalue weighted by atomic mass is 9.99. The lowest BCUT2D eigenvalue weighted by Gasteiger charge is -2.03. The van der Waals surface area contributed by atoms with Gasteiger partial charge in [-0.2, -0.15) is 0 Å². The van der Waals surface area contributed by atoms with Gasteiger partial charge in [0.1, 0.15) is 46.3 Å². The zero-order chi connectivity index (χ0) is 25.2. The average Bonchev–Trinajstić information content (AvgIpc) is 2.66. The van der Waals surface area contributed by atoms with Gasteiger partial charge in [0.2, 0.25) is 0 Å². The lowest BCUT2D eigenvalue weighted by molar-refractivity contribution is -0.132. The molecule has 0 spiro atoms. The Morgan fingerprint density at radius 3 is 1.24 bits per heavy atom. The molecule has 8 heteroatoms. The van der Waals surface area contributed by atoms with Crippen LogP contribution < -0.4 is 0 Å². The van der Waals surface area contributed by atoms with E-state index in [0.717, 1.165) is 6.42 Å². The van der Waals surface area contributed by atoms with E-state index in [-0.39, 0.29) is 36.6 Å². The van der Waals surface area contributed by atoms with Crippen molar-refractivity contribution in [2.24, 2.45) is 0 Å². The zero-order valence-electron chi connectivity index (χ0n) is 19.4. The molecule has 0 bridgehead atoms.